The van der Waals surface area contributed by atoms with Crippen LogP contribution in [0.2, 0.25) is 0 Å². The molecule has 1 heterocycles. The Labute approximate surface area is 141 Å². The van der Waals surface area contributed by atoms with E-state index in [-0.39, 0.29) is 16.5 Å². The molecule has 24 heavy (non-hydrogen) atoms. The van der Waals surface area contributed by atoms with Crippen LogP contribution in [0.5, 0.6) is 5.75 Å². The molecular formula is C19H22N2O3. The molecule has 5 heteroatoms. The molecular weight excluding hydrogens is 304 g/mol. The second kappa shape index (κ2) is 5.96. The molecule has 126 valence electrons. The number of fused-ring (bicyclic) bond motifs is 3. The van der Waals surface area contributed by atoms with Crippen molar-refractivity contribution in [3.8, 4) is 5.75 Å². The first-order chi connectivity index (χ1) is 11.7. The monoisotopic (exact) mass is 326 g/mol. The molecule has 4 rings (SSSR count). The number of methoxy groups -OCH3 is 1. The fourth-order valence-electron chi connectivity index (χ4n) is 4.57. The van der Waals surface area contributed by atoms with Crippen molar-refractivity contribution in [2.45, 2.75) is 37.6 Å². The van der Waals surface area contributed by atoms with Gasteiger partial charge in [0.2, 0.25) is 0 Å². The van der Waals surface area contributed by atoms with E-state index in [1.54, 1.807) is 13.2 Å². The molecule has 4 atom stereocenters. The van der Waals surface area contributed by atoms with Gasteiger partial charge in [-0.15, -0.1) is 0 Å². The molecule has 0 aromatic heterocycles. The Balaban J connectivity index is 1.78. The molecule has 1 aromatic carbocycles. The highest BCUT2D eigenvalue weighted by molar-refractivity contribution is 5.70. The molecule has 0 spiro atoms. The molecule has 0 unspecified atom stereocenters. The summed E-state index contributed by atoms with van der Waals surface area (Å²) in [5.41, 5.74) is 2.04. The zero-order valence-corrected chi connectivity index (χ0v) is 13.8. The number of nitrogens with one attached hydrogen (secondary N) is 1. The zero-order chi connectivity index (χ0) is 16.7. The Morgan fingerprint density at radius 2 is 2.12 bits per heavy atom. The van der Waals surface area contributed by atoms with E-state index in [0.29, 0.717) is 23.6 Å². The van der Waals surface area contributed by atoms with E-state index in [1.807, 2.05) is 0 Å². The lowest BCUT2D eigenvalue weighted by Crippen LogP contribution is -2.42. The van der Waals surface area contributed by atoms with Crippen molar-refractivity contribution in [1.29, 1.82) is 0 Å². The lowest BCUT2D eigenvalue weighted by Gasteiger charge is -2.42. The first-order valence-electron chi connectivity index (χ1n) is 8.63. The topological polar surface area (TPSA) is 64.4 Å². The molecule has 0 saturated heterocycles. The summed E-state index contributed by atoms with van der Waals surface area (Å²) in [5.74, 6) is 1.90. The third kappa shape index (κ3) is 2.39. The molecule has 0 amide bonds. The number of non-ortho nitro benzene ring substituents is 1. The molecule has 0 fully saturated rings. The van der Waals surface area contributed by atoms with Crippen LogP contribution in [0.3, 0.4) is 0 Å². The van der Waals surface area contributed by atoms with Gasteiger partial charge in [0.1, 0.15) is 5.75 Å². The van der Waals surface area contributed by atoms with E-state index in [0.717, 1.165) is 30.5 Å². The van der Waals surface area contributed by atoms with Crippen molar-refractivity contribution < 1.29 is 9.66 Å². The number of nitro groups is 1. The Morgan fingerprint density at radius 3 is 2.83 bits per heavy atom. The van der Waals surface area contributed by atoms with Crippen molar-refractivity contribution in [3.63, 3.8) is 0 Å². The van der Waals surface area contributed by atoms with Crippen molar-refractivity contribution in [3.05, 3.63) is 52.1 Å². The van der Waals surface area contributed by atoms with Crippen LogP contribution in [-0.4, -0.2) is 18.1 Å². The van der Waals surface area contributed by atoms with Crippen molar-refractivity contribution in [2.75, 3.05) is 12.4 Å². The van der Waals surface area contributed by atoms with Crippen LogP contribution in [0.1, 0.15) is 37.2 Å². The molecule has 1 aliphatic heterocycles. The largest absolute Gasteiger partial charge is 0.494 e. The summed E-state index contributed by atoms with van der Waals surface area (Å²) < 4.78 is 5.48. The molecule has 1 aromatic rings. The highest BCUT2D eigenvalue weighted by atomic mass is 16.6. The summed E-state index contributed by atoms with van der Waals surface area (Å²) in [6, 6.07) is 3.63. The second-order valence-corrected chi connectivity index (χ2v) is 6.94. The van der Waals surface area contributed by atoms with Crippen LogP contribution in [0.4, 0.5) is 11.4 Å². The Hall–Kier alpha value is -2.30. The van der Waals surface area contributed by atoms with Crippen LogP contribution in [0, 0.1) is 22.0 Å². The minimum Gasteiger partial charge on any atom is -0.494 e. The van der Waals surface area contributed by atoms with Crippen molar-refractivity contribution >= 4 is 11.4 Å². The quantitative estimate of drug-likeness (QED) is 0.507. The van der Waals surface area contributed by atoms with Gasteiger partial charge in [0, 0.05) is 18.0 Å². The molecule has 5 nitrogen and oxygen atoms in total. The SMILES string of the molecule is COc1cc([N+](=O)[O-])cc2c1N[C@H]([C@H]1CC=CCC1)[C@@H]1CC=C[C@@H]21. The maximum absolute atomic E-state index is 11.3. The number of benzene rings is 1. The molecule has 2 aliphatic carbocycles. The van der Waals surface area contributed by atoms with E-state index in [9.17, 15) is 10.1 Å². The van der Waals surface area contributed by atoms with Gasteiger partial charge in [-0.3, -0.25) is 10.1 Å². The third-order valence-corrected chi connectivity index (χ3v) is 5.71. The smallest absolute Gasteiger partial charge is 0.273 e. The summed E-state index contributed by atoms with van der Waals surface area (Å²) in [6.07, 6.45) is 13.5. The van der Waals surface area contributed by atoms with Gasteiger partial charge < -0.3 is 10.1 Å². The van der Waals surface area contributed by atoms with E-state index < -0.39 is 0 Å². The highest BCUT2D eigenvalue weighted by Gasteiger charge is 2.42. The van der Waals surface area contributed by atoms with Crippen LogP contribution in [0.15, 0.2) is 36.4 Å². The van der Waals surface area contributed by atoms with Gasteiger partial charge in [-0.05, 0) is 43.1 Å². The minimum atomic E-state index is -0.339. The first-order valence-corrected chi connectivity index (χ1v) is 8.63. The average Bonchev–Trinajstić information content (AvgIpc) is 3.10. The number of allylic oxidation sites excluding steroid dienone is 4. The normalized spacial score (nSPS) is 30.4. The summed E-state index contributed by atoms with van der Waals surface area (Å²) >= 11 is 0. The van der Waals surface area contributed by atoms with Crippen molar-refractivity contribution in [2.24, 2.45) is 11.8 Å². The minimum absolute atomic E-state index is 0.102. The number of rotatable bonds is 3. The van der Waals surface area contributed by atoms with Crippen LogP contribution in [-0.2, 0) is 0 Å². The molecule has 3 aliphatic rings. The number of nitro benzene ring substituents is 1. The van der Waals surface area contributed by atoms with E-state index >= 15 is 0 Å². The number of ether oxygens (including phenoxy) is 1. The number of nitrogens with zero attached hydrogens (tertiary/aromatic N) is 1. The van der Waals surface area contributed by atoms with E-state index in [2.05, 4.69) is 29.6 Å². The number of hydrogen-bond donors (Lipinski definition) is 1. The van der Waals surface area contributed by atoms with Crippen LogP contribution in [0.25, 0.3) is 0 Å². The fraction of sp³-hybridized carbons (Fsp3) is 0.474. The van der Waals surface area contributed by atoms with E-state index in [1.165, 1.54) is 12.5 Å². The maximum atomic E-state index is 11.3. The average molecular weight is 326 g/mol. The van der Waals surface area contributed by atoms with Gasteiger partial charge in [-0.25, -0.2) is 0 Å². The van der Waals surface area contributed by atoms with Gasteiger partial charge >= 0.3 is 0 Å². The standard InChI is InChI=1S/C19H22N2O3/c1-24-17-11-13(21(22)23)10-16-14-8-5-9-15(14)18(20-19(16)17)12-6-3-2-4-7-12/h2-3,5,8,10-12,14-15,18,20H,4,6-7,9H2,1H3/t12-,14+,15+,18+/m0/s1. The number of hydrogen-bond acceptors (Lipinski definition) is 4. The van der Waals surface area contributed by atoms with Gasteiger partial charge in [-0.2, -0.15) is 0 Å². The second-order valence-electron chi connectivity index (χ2n) is 6.94. The summed E-state index contributed by atoms with van der Waals surface area (Å²) in [6.45, 7) is 0. The third-order valence-electron chi connectivity index (χ3n) is 5.71. The highest BCUT2D eigenvalue weighted by Crippen LogP contribution is 2.51. The fourth-order valence-corrected chi connectivity index (χ4v) is 4.57. The van der Waals surface area contributed by atoms with Gasteiger partial charge in [0.05, 0.1) is 23.8 Å². The predicted octanol–water partition coefficient (Wildman–Crippen LogP) is 4.41. The zero-order valence-electron chi connectivity index (χ0n) is 13.8. The Bertz CT molecular complexity index is 726. The maximum Gasteiger partial charge on any atom is 0.273 e. The summed E-state index contributed by atoms with van der Waals surface area (Å²) in [4.78, 5) is 10.9. The lowest BCUT2D eigenvalue weighted by atomic mass is 9.72. The predicted molar refractivity (Wildman–Crippen MR) is 93.5 cm³/mol. The number of anilines is 1. The van der Waals surface area contributed by atoms with Crippen LogP contribution >= 0.6 is 0 Å². The van der Waals surface area contributed by atoms with Gasteiger partial charge in [-0.1, -0.05) is 24.3 Å². The van der Waals surface area contributed by atoms with Gasteiger partial charge in [0.25, 0.3) is 5.69 Å². The Morgan fingerprint density at radius 1 is 1.25 bits per heavy atom. The first kappa shape index (κ1) is 15.2. The van der Waals surface area contributed by atoms with E-state index in [4.69, 9.17) is 4.74 Å². The molecule has 0 saturated carbocycles. The Kier molecular flexibility index (Phi) is 3.79. The summed E-state index contributed by atoms with van der Waals surface area (Å²) in [7, 11) is 1.58. The molecule has 0 radical (unpaired) electrons. The van der Waals surface area contributed by atoms with Crippen LogP contribution < -0.4 is 10.1 Å². The lowest BCUT2D eigenvalue weighted by molar-refractivity contribution is -0.385. The van der Waals surface area contributed by atoms with Gasteiger partial charge in [0.15, 0.2) is 0 Å². The van der Waals surface area contributed by atoms with Crippen molar-refractivity contribution in [1.82, 2.24) is 0 Å². The molecule has 0 bridgehead atoms. The molecule has 1 N–H and O–H groups in total. The summed E-state index contributed by atoms with van der Waals surface area (Å²) in [5, 5.41) is 15.0.